The summed E-state index contributed by atoms with van der Waals surface area (Å²) in [5.74, 6) is 0. The van der Waals surface area contributed by atoms with Gasteiger partial charge in [0, 0.05) is 19.2 Å². The van der Waals surface area contributed by atoms with Gasteiger partial charge in [-0.1, -0.05) is 32.9 Å². The van der Waals surface area contributed by atoms with E-state index in [0.717, 1.165) is 33.5 Å². The highest BCUT2D eigenvalue weighted by Gasteiger charge is 2.19. The SMILES string of the molecule is [CH2]c1ccc(C)c(-c2ccc3c(n2)n(C)c(=O)n3CC(C)(C)C)c1. The maximum atomic E-state index is 12.6. The van der Waals surface area contributed by atoms with Gasteiger partial charge in [-0.05, 0) is 48.6 Å². The Bertz CT molecular complexity index is 971. The molecule has 4 nitrogen and oxygen atoms in total. The van der Waals surface area contributed by atoms with Gasteiger partial charge in [0.1, 0.15) is 0 Å². The van der Waals surface area contributed by atoms with Crippen molar-refractivity contribution in [3.8, 4) is 11.3 Å². The van der Waals surface area contributed by atoms with Crippen molar-refractivity contribution in [3.05, 3.63) is 58.9 Å². The molecule has 0 unspecified atom stereocenters. The molecule has 3 aromatic rings. The number of aryl methyl sites for hydroxylation is 2. The van der Waals surface area contributed by atoms with Gasteiger partial charge >= 0.3 is 5.69 Å². The number of fused-ring (bicyclic) bond motifs is 1. The van der Waals surface area contributed by atoms with Gasteiger partial charge in [0.2, 0.25) is 0 Å². The molecule has 0 N–H and O–H groups in total. The van der Waals surface area contributed by atoms with Crippen LogP contribution in [-0.2, 0) is 13.6 Å². The molecule has 24 heavy (non-hydrogen) atoms. The molecule has 0 amide bonds. The monoisotopic (exact) mass is 322 g/mol. The van der Waals surface area contributed by atoms with Gasteiger partial charge in [0.05, 0.1) is 11.2 Å². The molecule has 3 rings (SSSR count). The van der Waals surface area contributed by atoms with Crippen molar-refractivity contribution in [2.75, 3.05) is 0 Å². The Morgan fingerprint density at radius 1 is 1.17 bits per heavy atom. The fourth-order valence-electron chi connectivity index (χ4n) is 3.00. The highest BCUT2D eigenvalue weighted by molar-refractivity contribution is 5.77. The van der Waals surface area contributed by atoms with Crippen molar-refractivity contribution in [2.24, 2.45) is 12.5 Å². The molecule has 0 fully saturated rings. The number of nitrogens with zero attached hydrogens (tertiary/aromatic N) is 3. The van der Waals surface area contributed by atoms with E-state index in [1.807, 2.05) is 34.9 Å². The molecule has 2 aromatic heterocycles. The average molecular weight is 322 g/mol. The van der Waals surface area contributed by atoms with E-state index in [4.69, 9.17) is 4.98 Å². The van der Waals surface area contributed by atoms with Crippen LogP contribution in [0.3, 0.4) is 0 Å². The predicted molar refractivity (Wildman–Crippen MR) is 99.1 cm³/mol. The van der Waals surface area contributed by atoms with Crippen molar-refractivity contribution in [1.29, 1.82) is 0 Å². The molecule has 1 aromatic carbocycles. The summed E-state index contributed by atoms with van der Waals surface area (Å²) >= 11 is 0. The van der Waals surface area contributed by atoms with Crippen LogP contribution in [0.25, 0.3) is 22.4 Å². The van der Waals surface area contributed by atoms with Gasteiger partial charge in [0.15, 0.2) is 5.65 Å². The lowest BCUT2D eigenvalue weighted by molar-refractivity contribution is 0.342. The van der Waals surface area contributed by atoms with E-state index in [1.165, 1.54) is 0 Å². The summed E-state index contributed by atoms with van der Waals surface area (Å²) in [4.78, 5) is 17.4. The third kappa shape index (κ3) is 2.88. The Kier molecular flexibility index (Phi) is 3.86. The minimum absolute atomic E-state index is 0.0211. The van der Waals surface area contributed by atoms with E-state index in [0.29, 0.717) is 6.54 Å². The standard InChI is InChI=1S/C20H24N3O/c1-13-7-8-14(2)15(11-13)16-9-10-17-18(21-16)22(6)19(24)23(17)12-20(3,4)5/h7-11H,1,12H2,2-6H3. The van der Waals surface area contributed by atoms with Gasteiger partial charge in [-0.15, -0.1) is 0 Å². The Hall–Kier alpha value is -2.36. The molecule has 1 radical (unpaired) electrons. The molecule has 0 aliphatic carbocycles. The minimum Gasteiger partial charge on any atom is -0.290 e. The maximum Gasteiger partial charge on any atom is 0.330 e. The van der Waals surface area contributed by atoms with Crippen LogP contribution < -0.4 is 5.69 Å². The molecular formula is C20H24N3O. The highest BCUT2D eigenvalue weighted by atomic mass is 16.1. The summed E-state index contributed by atoms with van der Waals surface area (Å²) in [7, 11) is 1.78. The quantitative estimate of drug-likeness (QED) is 0.717. The second-order valence-corrected chi connectivity index (χ2v) is 7.68. The van der Waals surface area contributed by atoms with Crippen LogP contribution in [0.5, 0.6) is 0 Å². The largest absolute Gasteiger partial charge is 0.330 e. The maximum absolute atomic E-state index is 12.6. The fourth-order valence-corrected chi connectivity index (χ4v) is 3.00. The van der Waals surface area contributed by atoms with E-state index in [1.54, 1.807) is 11.6 Å². The molecule has 0 aliphatic rings. The van der Waals surface area contributed by atoms with Gasteiger partial charge in [0.25, 0.3) is 0 Å². The summed E-state index contributed by atoms with van der Waals surface area (Å²) in [5.41, 5.74) is 5.63. The van der Waals surface area contributed by atoms with Crippen LogP contribution in [0.2, 0.25) is 0 Å². The summed E-state index contributed by atoms with van der Waals surface area (Å²) in [6.45, 7) is 13.1. The van der Waals surface area contributed by atoms with E-state index in [2.05, 4.69) is 34.6 Å². The normalized spacial score (nSPS) is 12.1. The predicted octanol–water partition coefficient (Wildman–Crippen LogP) is 3.94. The molecule has 4 heteroatoms. The fraction of sp³-hybridized carbons (Fsp3) is 0.350. The number of benzene rings is 1. The molecule has 0 saturated heterocycles. The van der Waals surface area contributed by atoms with Gasteiger partial charge in [-0.3, -0.25) is 9.13 Å². The third-order valence-electron chi connectivity index (χ3n) is 4.19. The molecule has 0 aliphatic heterocycles. The average Bonchev–Trinajstić information content (AvgIpc) is 2.73. The molecular weight excluding hydrogens is 298 g/mol. The first-order chi connectivity index (χ1) is 11.2. The number of rotatable bonds is 2. The Morgan fingerprint density at radius 2 is 1.88 bits per heavy atom. The zero-order valence-electron chi connectivity index (χ0n) is 15.1. The topological polar surface area (TPSA) is 39.8 Å². The molecule has 0 bridgehead atoms. The second-order valence-electron chi connectivity index (χ2n) is 7.68. The van der Waals surface area contributed by atoms with Crippen LogP contribution in [0.1, 0.15) is 31.9 Å². The summed E-state index contributed by atoms with van der Waals surface area (Å²) in [6.07, 6.45) is 0. The van der Waals surface area contributed by atoms with E-state index in [-0.39, 0.29) is 11.1 Å². The van der Waals surface area contributed by atoms with Crippen molar-refractivity contribution in [3.63, 3.8) is 0 Å². The van der Waals surface area contributed by atoms with Crippen molar-refractivity contribution in [1.82, 2.24) is 14.1 Å². The van der Waals surface area contributed by atoms with Crippen LogP contribution in [0.4, 0.5) is 0 Å². The first-order valence-corrected chi connectivity index (χ1v) is 8.17. The number of hydrogen-bond acceptors (Lipinski definition) is 2. The number of imidazole rings is 1. The lowest BCUT2D eigenvalue weighted by Crippen LogP contribution is -2.27. The zero-order chi connectivity index (χ0) is 17.6. The van der Waals surface area contributed by atoms with E-state index in [9.17, 15) is 4.79 Å². The first-order valence-electron chi connectivity index (χ1n) is 8.17. The number of pyridine rings is 1. The van der Waals surface area contributed by atoms with E-state index >= 15 is 0 Å². The van der Waals surface area contributed by atoms with Crippen LogP contribution in [0, 0.1) is 19.3 Å². The van der Waals surface area contributed by atoms with Crippen molar-refractivity contribution < 1.29 is 0 Å². The molecule has 0 saturated carbocycles. The zero-order valence-corrected chi connectivity index (χ0v) is 15.1. The molecule has 2 heterocycles. The highest BCUT2D eigenvalue weighted by Crippen LogP contribution is 2.26. The van der Waals surface area contributed by atoms with E-state index < -0.39 is 0 Å². The smallest absolute Gasteiger partial charge is 0.290 e. The van der Waals surface area contributed by atoms with Crippen LogP contribution >= 0.6 is 0 Å². The lowest BCUT2D eigenvalue weighted by atomic mass is 9.97. The Balaban J connectivity index is 2.21. The van der Waals surface area contributed by atoms with Gasteiger partial charge in [-0.2, -0.15) is 0 Å². The summed E-state index contributed by atoms with van der Waals surface area (Å²) < 4.78 is 3.45. The molecule has 125 valence electrons. The minimum atomic E-state index is -0.0211. The summed E-state index contributed by atoms with van der Waals surface area (Å²) in [5, 5.41) is 0. The van der Waals surface area contributed by atoms with Crippen LogP contribution in [0.15, 0.2) is 35.1 Å². The number of aromatic nitrogens is 3. The lowest BCUT2D eigenvalue weighted by Gasteiger charge is -2.18. The second kappa shape index (κ2) is 5.62. The molecule has 0 atom stereocenters. The molecule has 0 spiro atoms. The number of hydrogen-bond donors (Lipinski definition) is 0. The summed E-state index contributed by atoms with van der Waals surface area (Å²) in [6, 6.07) is 10.1. The Morgan fingerprint density at radius 3 is 2.54 bits per heavy atom. The van der Waals surface area contributed by atoms with Gasteiger partial charge < -0.3 is 0 Å². The van der Waals surface area contributed by atoms with Crippen LogP contribution in [-0.4, -0.2) is 14.1 Å². The van der Waals surface area contributed by atoms with Crippen molar-refractivity contribution in [2.45, 2.75) is 34.2 Å². The van der Waals surface area contributed by atoms with Gasteiger partial charge in [-0.25, -0.2) is 9.78 Å². The third-order valence-corrected chi connectivity index (χ3v) is 4.19. The Labute approximate surface area is 142 Å². The van der Waals surface area contributed by atoms with Crippen molar-refractivity contribution >= 4 is 11.2 Å². The first kappa shape index (κ1) is 16.5.